The van der Waals surface area contributed by atoms with Crippen molar-refractivity contribution < 1.29 is 8.42 Å². The van der Waals surface area contributed by atoms with Crippen LogP contribution in [-0.2, 0) is 9.84 Å². The third kappa shape index (κ3) is 2.11. The highest BCUT2D eigenvalue weighted by molar-refractivity contribution is 7.90. The number of rotatable bonds is 2. The Hall–Kier alpha value is -1.69. The largest absolute Gasteiger partial charge is 0.357 e. The van der Waals surface area contributed by atoms with Gasteiger partial charge in [0.25, 0.3) is 0 Å². The summed E-state index contributed by atoms with van der Waals surface area (Å²) in [5, 5.41) is -0.155. The number of aromatic nitrogens is 3. The fourth-order valence-corrected chi connectivity index (χ4v) is 1.84. The van der Waals surface area contributed by atoms with E-state index in [4.69, 9.17) is 0 Å². The Balaban J connectivity index is 2.52. The van der Waals surface area contributed by atoms with Gasteiger partial charge in [0.15, 0.2) is 0 Å². The summed E-state index contributed by atoms with van der Waals surface area (Å²) in [5.41, 5.74) is 2.35. The van der Waals surface area contributed by atoms with Crippen LogP contribution in [0.15, 0.2) is 29.6 Å². The zero-order valence-electron chi connectivity index (χ0n) is 8.93. The van der Waals surface area contributed by atoms with Gasteiger partial charge in [-0.3, -0.25) is 0 Å². The lowest BCUT2D eigenvalue weighted by Gasteiger charge is -1.99. The fourth-order valence-electron chi connectivity index (χ4n) is 1.32. The minimum Gasteiger partial charge on any atom is -0.357 e. The van der Waals surface area contributed by atoms with Gasteiger partial charge in [-0.2, -0.15) is 0 Å². The normalized spacial score (nSPS) is 11.6. The van der Waals surface area contributed by atoms with Gasteiger partial charge in [-0.25, -0.2) is 18.4 Å². The summed E-state index contributed by atoms with van der Waals surface area (Å²) >= 11 is 0. The summed E-state index contributed by atoms with van der Waals surface area (Å²) in [6.07, 6.45) is 2.53. The Bertz CT molecular complexity index is 616. The number of H-pyrrole nitrogens is 1. The van der Waals surface area contributed by atoms with Crippen LogP contribution >= 0.6 is 0 Å². The van der Waals surface area contributed by atoms with Gasteiger partial charge in [-0.05, 0) is 25.1 Å². The molecule has 0 aliphatic rings. The SMILES string of the molecule is Cc1ccc(-c2ccnc(S(C)(=O)=O)n2)[nH]1. The number of hydrogen-bond acceptors (Lipinski definition) is 4. The van der Waals surface area contributed by atoms with Gasteiger partial charge in [-0.1, -0.05) is 0 Å². The second kappa shape index (κ2) is 3.71. The Morgan fingerprint density at radius 1 is 1.25 bits per heavy atom. The lowest BCUT2D eigenvalue weighted by Crippen LogP contribution is -2.04. The molecule has 2 rings (SSSR count). The van der Waals surface area contributed by atoms with Gasteiger partial charge in [0.1, 0.15) is 0 Å². The maximum Gasteiger partial charge on any atom is 0.247 e. The zero-order chi connectivity index (χ0) is 11.8. The van der Waals surface area contributed by atoms with E-state index in [0.717, 1.165) is 17.6 Å². The first-order valence-corrected chi connectivity index (χ1v) is 6.55. The van der Waals surface area contributed by atoms with Gasteiger partial charge in [-0.15, -0.1) is 0 Å². The van der Waals surface area contributed by atoms with Crippen LogP contribution in [-0.4, -0.2) is 29.6 Å². The Labute approximate surface area is 93.5 Å². The van der Waals surface area contributed by atoms with E-state index in [-0.39, 0.29) is 5.16 Å². The number of aromatic amines is 1. The van der Waals surface area contributed by atoms with E-state index < -0.39 is 9.84 Å². The van der Waals surface area contributed by atoms with Crippen molar-refractivity contribution in [3.63, 3.8) is 0 Å². The molecule has 1 N–H and O–H groups in total. The quantitative estimate of drug-likeness (QED) is 0.796. The highest BCUT2D eigenvalue weighted by Gasteiger charge is 2.12. The summed E-state index contributed by atoms with van der Waals surface area (Å²) in [4.78, 5) is 10.8. The first-order chi connectivity index (χ1) is 7.47. The molecule has 0 spiro atoms. The minimum absolute atomic E-state index is 0.155. The fraction of sp³-hybridized carbons (Fsp3) is 0.200. The molecule has 0 saturated heterocycles. The second-order valence-electron chi connectivity index (χ2n) is 3.55. The summed E-state index contributed by atoms with van der Waals surface area (Å²) < 4.78 is 22.6. The van der Waals surface area contributed by atoms with Gasteiger partial charge in [0.05, 0.1) is 11.4 Å². The van der Waals surface area contributed by atoms with Crippen molar-refractivity contribution >= 4 is 9.84 Å². The molecule has 0 aromatic carbocycles. The standard InChI is InChI=1S/C10H11N3O2S/c1-7-3-4-8(12-7)9-5-6-11-10(13-9)16(2,14)15/h3-6,12H,1-2H3. The Morgan fingerprint density at radius 2 is 2.00 bits per heavy atom. The molecule has 0 bridgehead atoms. The highest BCUT2D eigenvalue weighted by atomic mass is 32.2. The molecule has 16 heavy (non-hydrogen) atoms. The molecule has 0 amide bonds. The molecule has 6 heteroatoms. The van der Waals surface area contributed by atoms with Crippen LogP contribution in [0.25, 0.3) is 11.4 Å². The molecule has 0 aliphatic heterocycles. The van der Waals surface area contributed by atoms with Crippen LogP contribution in [0.1, 0.15) is 5.69 Å². The minimum atomic E-state index is -3.36. The van der Waals surface area contributed by atoms with E-state index in [1.165, 1.54) is 6.20 Å². The molecule has 0 atom stereocenters. The molecular weight excluding hydrogens is 226 g/mol. The topological polar surface area (TPSA) is 75.7 Å². The number of nitrogens with one attached hydrogen (secondary N) is 1. The van der Waals surface area contributed by atoms with Crippen LogP contribution in [0.3, 0.4) is 0 Å². The van der Waals surface area contributed by atoms with E-state index >= 15 is 0 Å². The first-order valence-electron chi connectivity index (χ1n) is 4.66. The third-order valence-corrected chi connectivity index (χ3v) is 2.93. The summed E-state index contributed by atoms with van der Waals surface area (Å²) in [7, 11) is -3.36. The summed E-state index contributed by atoms with van der Waals surface area (Å²) in [5.74, 6) is 0. The smallest absolute Gasteiger partial charge is 0.247 e. The van der Waals surface area contributed by atoms with Crippen molar-refractivity contribution in [1.82, 2.24) is 15.0 Å². The van der Waals surface area contributed by atoms with E-state index in [2.05, 4.69) is 15.0 Å². The molecule has 5 nitrogen and oxygen atoms in total. The van der Waals surface area contributed by atoms with Crippen LogP contribution in [0, 0.1) is 6.92 Å². The lowest BCUT2D eigenvalue weighted by molar-refractivity contribution is 0.593. The molecule has 0 radical (unpaired) electrons. The Morgan fingerprint density at radius 3 is 2.56 bits per heavy atom. The van der Waals surface area contributed by atoms with Crippen molar-refractivity contribution in [2.45, 2.75) is 12.1 Å². The molecule has 2 aromatic heterocycles. The van der Waals surface area contributed by atoms with Crippen molar-refractivity contribution in [3.05, 3.63) is 30.1 Å². The number of hydrogen-bond donors (Lipinski definition) is 1. The molecule has 0 unspecified atom stereocenters. The highest BCUT2D eigenvalue weighted by Crippen LogP contribution is 2.16. The monoisotopic (exact) mass is 237 g/mol. The molecular formula is C10H11N3O2S. The van der Waals surface area contributed by atoms with Crippen LogP contribution in [0.5, 0.6) is 0 Å². The first kappa shape index (κ1) is 10.8. The van der Waals surface area contributed by atoms with Crippen molar-refractivity contribution in [3.8, 4) is 11.4 Å². The third-order valence-electron chi connectivity index (χ3n) is 2.07. The van der Waals surface area contributed by atoms with E-state index in [1.54, 1.807) is 6.07 Å². The average Bonchev–Trinajstić information content (AvgIpc) is 2.64. The van der Waals surface area contributed by atoms with Gasteiger partial charge < -0.3 is 4.98 Å². The molecule has 2 heterocycles. The Kier molecular flexibility index (Phi) is 2.51. The molecule has 2 aromatic rings. The van der Waals surface area contributed by atoms with Gasteiger partial charge in [0.2, 0.25) is 15.0 Å². The maximum atomic E-state index is 11.3. The lowest BCUT2D eigenvalue weighted by atomic mass is 10.3. The van der Waals surface area contributed by atoms with E-state index in [0.29, 0.717) is 5.69 Å². The molecule has 84 valence electrons. The predicted molar refractivity (Wildman–Crippen MR) is 59.7 cm³/mol. The van der Waals surface area contributed by atoms with Crippen molar-refractivity contribution in [2.75, 3.05) is 6.26 Å². The van der Waals surface area contributed by atoms with Crippen LogP contribution in [0.2, 0.25) is 0 Å². The second-order valence-corrected chi connectivity index (χ2v) is 5.46. The predicted octanol–water partition coefficient (Wildman–Crippen LogP) is 1.18. The average molecular weight is 237 g/mol. The van der Waals surface area contributed by atoms with Gasteiger partial charge >= 0.3 is 0 Å². The summed E-state index contributed by atoms with van der Waals surface area (Å²) in [6, 6.07) is 5.42. The van der Waals surface area contributed by atoms with E-state index in [9.17, 15) is 8.42 Å². The number of nitrogens with zero attached hydrogens (tertiary/aromatic N) is 2. The number of sulfone groups is 1. The molecule has 0 aliphatic carbocycles. The van der Waals surface area contributed by atoms with Crippen molar-refractivity contribution in [2.24, 2.45) is 0 Å². The molecule has 0 fully saturated rings. The van der Waals surface area contributed by atoms with Crippen molar-refractivity contribution in [1.29, 1.82) is 0 Å². The van der Waals surface area contributed by atoms with Crippen LogP contribution in [0.4, 0.5) is 0 Å². The van der Waals surface area contributed by atoms with Gasteiger partial charge in [0, 0.05) is 18.1 Å². The summed E-state index contributed by atoms with van der Waals surface area (Å²) in [6.45, 7) is 1.92. The van der Waals surface area contributed by atoms with Crippen LogP contribution < -0.4 is 0 Å². The number of aryl methyl sites for hydroxylation is 1. The zero-order valence-corrected chi connectivity index (χ0v) is 9.75. The van der Waals surface area contributed by atoms with E-state index in [1.807, 2.05) is 19.1 Å². The maximum absolute atomic E-state index is 11.3. The molecule has 0 saturated carbocycles.